The van der Waals surface area contributed by atoms with Crippen molar-refractivity contribution < 1.29 is 56.9 Å². The minimum absolute atomic E-state index is 0. The van der Waals surface area contributed by atoms with Crippen molar-refractivity contribution >= 4 is 23.5 Å². The maximum absolute atomic E-state index is 2.35. The van der Waals surface area contributed by atoms with Crippen LogP contribution in [-0.2, 0) is 0 Å². The molecular weight excluding hydrogens is 682 g/mol. The van der Waals surface area contributed by atoms with Gasteiger partial charge < -0.3 is 56.9 Å². The zero-order valence-electron chi connectivity index (χ0n) is 23.1. The highest BCUT2D eigenvalue weighted by atomic mass is 127. The van der Waals surface area contributed by atoms with Crippen LogP contribution in [0.5, 0.6) is 0 Å². The molecule has 6 heteroatoms. The van der Waals surface area contributed by atoms with Crippen LogP contribution in [-0.4, -0.2) is 72.8 Å². The minimum Gasteiger partial charge on any atom is -1.00 e. The van der Waals surface area contributed by atoms with Crippen LogP contribution < -0.4 is 48.0 Å². The molecular formula is C28H54I2N2S2. The molecule has 0 heterocycles. The van der Waals surface area contributed by atoms with Crippen molar-refractivity contribution in [3.8, 4) is 0 Å². The molecule has 0 amide bonds. The van der Waals surface area contributed by atoms with Gasteiger partial charge in [0.2, 0.25) is 0 Å². The molecule has 1 aromatic rings. The third-order valence-corrected chi connectivity index (χ3v) is 10.1. The predicted molar refractivity (Wildman–Crippen MR) is 149 cm³/mol. The van der Waals surface area contributed by atoms with Crippen molar-refractivity contribution in [2.45, 2.75) is 89.9 Å². The number of quaternary nitrogens is 2. The van der Waals surface area contributed by atoms with Crippen molar-refractivity contribution in [2.75, 3.05) is 63.9 Å². The van der Waals surface area contributed by atoms with E-state index in [1.54, 1.807) is 0 Å². The summed E-state index contributed by atoms with van der Waals surface area (Å²) < 4.78 is 2.59. The molecule has 0 saturated carbocycles. The standard InChI is InChI=1S/C28H54N2S2.2HI/c1-7-29(8-2,9-3)23-15-13-17-25-31-27-19-21-28(22-20-27)32-26-18-14-16-24-30(10-4,11-5)12-6;;/h19-22H,7-18,23-26H2,1-6H3;2*1H/q+2;;/p-2. The monoisotopic (exact) mass is 736 g/mol. The summed E-state index contributed by atoms with van der Waals surface area (Å²) in [7, 11) is 0. The first-order chi connectivity index (χ1) is 15.5. The van der Waals surface area contributed by atoms with Gasteiger partial charge in [-0.05, 0) is 116 Å². The van der Waals surface area contributed by atoms with Crippen LogP contribution in [0.1, 0.15) is 80.1 Å². The van der Waals surface area contributed by atoms with Crippen molar-refractivity contribution in [2.24, 2.45) is 0 Å². The third kappa shape index (κ3) is 14.3. The molecule has 1 aromatic carbocycles. The molecule has 0 saturated heterocycles. The highest BCUT2D eigenvalue weighted by molar-refractivity contribution is 7.99. The number of halogens is 2. The Hall–Kier alpha value is 1.30. The van der Waals surface area contributed by atoms with E-state index in [0.29, 0.717) is 0 Å². The number of unbranched alkanes of at least 4 members (excludes halogenated alkanes) is 4. The highest BCUT2D eigenvalue weighted by Gasteiger charge is 2.20. The van der Waals surface area contributed by atoms with Crippen LogP contribution in [0.4, 0.5) is 0 Å². The number of hydrogen-bond donors (Lipinski definition) is 0. The summed E-state index contributed by atoms with van der Waals surface area (Å²) in [6.07, 6.45) is 8.17. The van der Waals surface area contributed by atoms with E-state index in [2.05, 4.69) is 65.8 Å². The first-order valence-corrected chi connectivity index (χ1v) is 15.6. The molecule has 0 aliphatic rings. The summed E-state index contributed by atoms with van der Waals surface area (Å²) in [6.45, 7) is 24.5. The number of thioether (sulfide) groups is 2. The van der Waals surface area contributed by atoms with E-state index in [1.807, 2.05) is 23.5 Å². The molecule has 0 unspecified atom stereocenters. The Labute approximate surface area is 256 Å². The summed E-state index contributed by atoms with van der Waals surface area (Å²) in [5.41, 5.74) is 0. The maximum atomic E-state index is 2.35. The average molecular weight is 737 g/mol. The smallest absolute Gasteiger partial charge is 0.0786 e. The van der Waals surface area contributed by atoms with Gasteiger partial charge >= 0.3 is 0 Å². The summed E-state index contributed by atoms with van der Waals surface area (Å²) in [6, 6.07) is 9.32. The quantitative estimate of drug-likeness (QED) is 0.0871. The van der Waals surface area contributed by atoms with Gasteiger partial charge in [-0.3, -0.25) is 0 Å². The van der Waals surface area contributed by atoms with Crippen LogP contribution in [0.15, 0.2) is 34.1 Å². The SMILES string of the molecule is CC[N+](CC)(CC)CCCCCSc1ccc(SCCCCC[N+](CC)(CC)CC)cc1.[I-].[I-]. The second-order valence-electron chi connectivity index (χ2n) is 9.32. The summed E-state index contributed by atoms with van der Waals surface area (Å²) >= 11 is 4.06. The fourth-order valence-electron chi connectivity index (χ4n) is 4.75. The Kier molecular flexibility index (Phi) is 24.6. The normalized spacial score (nSPS) is 11.7. The summed E-state index contributed by atoms with van der Waals surface area (Å²) in [4.78, 5) is 2.87. The Balaban J connectivity index is 0. The topological polar surface area (TPSA) is 0 Å². The number of hydrogen-bond acceptors (Lipinski definition) is 2. The lowest BCUT2D eigenvalue weighted by atomic mass is 10.2. The number of nitrogens with zero attached hydrogens (tertiary/aromatic N) is 2. The fourth-order valence-corrected chi connectivity index (χ4v) is 6.58. The molecule has 0 aliphatic carbocycles. The lowest BCUT2D eigenvalue weighted by Crippen LogP contribution is -3.00. The van der Waals surface area contributed by atoms with Gasteiger partial charge in [0.1, 0.15) is 0 Å². The van der Waals surface area contributed by atoms with Gasteiger partial charge in [0.25, 0.3) is 0 Å². The third-order valence-electron chi connectivity index (χ3n) is 7.94. The molecule has 0 N–H and O–H groups in total. The minimum atomic E-state index is 0. The Bertz CT molecular complexity index is 509. The van der Waals surface area contributed by atoms with Crippen molar-refractivity contribution in [3.63, 3.8) is 0 Å². The van der Waals surface area contributed by atoms with Gasteiger partial charge in [-0.15, -0.1) is 23.5 Å². The van der Waals surface area contributed by atoms with E-state index in [4.69, 9.17) is 0 Å². The summed E-state index contributed by atoms with van der Waals surface area (Å²) in [5, 5.41) is 0. The zero-order valence-corrected chi connectivity index (χ0v) is 29.0. The largest absolute Gasteiger partial charge is 1.00 e. The van der Waals surface area contributed by atoms with Crippen LogP contribution in [0.2, 0.25) is 0 Å². The number of rotatable bonds is 20. The lowest BCUT2D eigenvalue weighted by molar-refractivity contribution is -0.923. The van der Waals surface area contributed by atoms with Crippen LogP contribution >= 0.6 is 23.5 Å². The average Bonchev–Trinajstić information content (AvgIpc) is 2.85. The molecule has 0 aromatic heterocycles. The van der Waals surface area contributed by atoms with Crippen molar-refractivity contribution in [1.29, 1.82) is 0 Å². The van der Waals surface area contributed by atoms with Crippen molar-refractivity contribution in [3.05, 3.63) is 24.3 Å². The van der Waals surface area contributed by atoms with Crippen LogP contribution in [0, 0.1) is 0 Å². The predicted octanol–water partition coefficient (Wildman–Crippen LogP) is 1.97. The molecule has 202 valence electrons. The second kappa shape index (κ2) is 22.3. The first kappa shape index (κ1) is 37.5. The first-order valence-electron chi connectivity index (χ1n) is 13.6. The summed E-state index contributed by atoms with van der Waals surface area (Å²) in [5.74, 6) is 2.51. The molecule has 0 aliphatic heterocycles. The van der Waals surface area contributed by atoms with Crippen molar-refractivity contribution in [1.82, 2.24) is 0 Å². The Morgan fingerprint density at radius 1 is 0.471 bits per heavy atom. The molecule has 0 spiro atoms. The maximum Gasteiger partial charge on any atom is 0.0786 e. The van der Waals surface area contributed by atoms with E-state index in [-0.39, 0.29) is 48.0 Å². The number of benzene rings is 1. The van der Waals surface area contributed by atoms with Gasteiger partial charge in [0.05, 0.1) is 52.4 Å². The molecule has 0 atom stereocenters. The molecule has 0 radical (unpaired) electrons. The van der Waals surface area contributed by atoms with E-state index >= 15 is 0 Å². The van der Waals surface area contributed by atoms with E-state index < -0.39 is 0 Å². The van der Waals surface area contributed by atoms with Gasteiger partial charge in [-0.2, -0.15) is 0 Å². The molecule has 1 rings (SSSR count). The molecule has 0 fully saturated rings. The van der Waals surface area contributed by atoms with Gasteiger partial charge in [-0.25, -0.2) is 0 Å². The highest BCUT2D eigenvalue weighted by Crippen LogP contribution is 2.25. The van der Waals surface area contributed by atoms with Gasteiger partial charge in [0, 0.05) is 9.79 Å². The second-order valence-corrected chi connectivity index (χ2v) is 11.7. The van der Waals surface area contributed by atoms with E-state index in [0.717, 1.165) is 0 Å². The van der Waals surface area contributed by atoms with Gasteiger partial charge in [0.15, 0.2) is 0 Å². The molecule has 34 heavy (non-hydrogen) atoms. The van der Waals surface area contributed by atoms with Crippen LogP contribution in [0.25, 0.3) is 0 Å². The zero-order chi connectivity index (χ0) is 23.7. The Morgan fingerprint density at radius 3 is 1.03 bits per heavy atom. The molecule has 2 nitrogen and oxygen atoms in total. The fraction of sp³-hybridized carbons (Fsp3) is 0.786. The Morgan fingerprint density at radius 2 is 0.765 bits per heavy atom. The van der Waals surface area contributed by atoms with E-state index in [9.17, 15) is 0 Å². The lowest BCUT2D eigenvalue weighted by Gasteiger charge is -2.35. The van der Waals surface area contributed by atoms with E-state index in [1.165, 1.54) is 121 Å². The van der Waals surface area contributed by atoms with Gasteiger partial charge in [-0.1, -0.05) is 0 Å². The van der Waals surface area contributed by atoms with Crippen LogP contribution in [0.3, 0.4) is 0 Å². The molecule has 0 bridgehead atoms.